The molecule has 2 heterocycles. The molecule has 2 N–H and O–H groups in total. The molecule has 0 saturated carbocycles. The van der Waals surface area contributed by atoms with E-state index in [2.05, 4.69) is 20.8 Å². The van der Waals surface area contributed by atoms with Crippen molar-refractivity contribution >= 4 is 52.2 Å². The Morgan fingerprint density at radius 1 is 1.20 bits per heavy atom. The summed E-state index contributed by atoms with van der Waals surface area (Å²) in [6.45, 7) is 2.67. The second kappa shape index (κ2) is 11.7. The van der Waals surface area contributed by atoms with E-state index in [9.17, 15) is 9.59 Å². The van der Waals surface area contributed by atoms with Gasteiger partial charge in [-0.2, -0.15) is 5.10 Å². The number of rotatable bonds is 9. The molecule has 1 fully saturated rings. The summed E-state index contributed by atoms with van der Waals surface area (Å²) >= 11 is 7.35. The SMILES string of the molecule is CCCOc1ccc(NC(=O)CC2SC(=NN=Cc3ccc(-c4ccccc4Cl)o3)NC2=O)cc1. The molecule has 1 unspecified atom stereocenters. The zero-order valence-corrected chi connectivity index (χ0v) is 20.4. The van der Waals surface area contributed by atoms with E-state index in [4.69, 9.17) is 20.8 Å². The molecule has 0 bridgehead atoms. The molecule has 180 valence electrons. The Balaban J connectivity index is 1.29. The summed E-state index contributed by atoms with van der Waals surface area (Å²) in [5.41, 5.74) is 1.41. The minimum Gasteiger partial charge on any atom is -0.494 e. The fourth-order valence-corrected chi connectivity index (χ4v) is 4.34. The first kappa shape index (κ1) is 24.6. The lowest BCUT2D eigenvalue weighted by Crippen LogP contribution is -2.28. The van der Waals surface area contributed by atoms with Crippen molar-refractivity contribution in [3.05, 3.63) is 71.4 Å². The summed E-state index contributed by atoms with van der Waals surface area (Å²) in [7, 11) is 0. The highest BCUT2D eigenvalue weighted by atomic mass is 35.5. The minimum atomic E-state index is -0.591. The molecule has 10 heteroatoms. The number of nitrogens with one attached hydrogen (secondary N) is 2. The van der Waals surface area contributed by atoms with Gasteiger partial charge in [0.15, 0.2) is 5.17 Å². The molecule has 8 nitrogen and oxygen atoms in total. The largest absolute Gasteiger partial charge is 0.494 e. The molecule has 1 atom stereocenters. The summed E-state index contributed by atoms with van der Waals surface area (Å²) in [5.74, 6) is 1.28. The maximum Gasteiger partial charge on any atom is 0.240 e. The predicted molar refractivity (Wildman–Crippen MR) is 139 cm³/mol. The molecule has 1 aromatic heterocycles. The van der Waals surface area contributed by atoms with Crippen LogP contribution >= 0.6 is 23.4 Å². The van der Waals surface area contributed by atoms with E-state index in [-0.39, 0.29) is 18.2 Å². The Morgan fingerprint density at radius 2 is 2.00 bits per heavy atom. The van der Waals surface area contributed by atoms with Gasteiger partial charge >= 0.3 is 0 Å². The second-order valence-electron chi connectivity index (χ2n) is 7.55. The van der Waals surface area contributed by atoms with E-state index in [1.807, 2.05) is 25.1 Å². The molecular formula is C25H23ClN4O4S. The molecule has 35 heavy (non-hydrogen) atoms. The number of carbonyl (C=O) groups excluding carboxylic acids is 2. The molecule has 0 aliphatic carbocycles. The van der Waals surface area contributed by atoms with Gasteiger partial charge in [-0.15, -0.1) is 5.10 Å². The van der Waals surface area contributed by atoms with E-state index in [1.165, 1.54) is 6.21 Å². The van der Waals surface area contributed by atoms with Crippen LogP contribution in [0.1, 0.15) is 25.5 Å². The summed E-state index contributed by atoms with van der Waals surface area (Å²) < 4.78 is 11.3. The van der Waals surface area contributed by atoms with Crippen molar-refractivity contribution in [3.63, 3.8) is 0 Å². The molecule has 3 aromatic rings. The Bertz CT molecular complexity index is 1260. The van der Waals surface area contributed by atoms with E-state index in [0.717, 1.165) is 29.5 Å². The van der Waals surface area contributed by atoms with Crippen LogP contribution in [0.15, 0.2) is 75.3 Å². The molecule has 2 amide bonds. The Hall–Kier alpha value is -3.56. The zero-order chi connectivity index (χ0) is 24.6. The van der Waals surface area contributed by atoms with Gasteiger partial charge < -0.3 is 19.8 Å². The average Bonchev–Trinajstić information content (AvgIpc) is 3.45. The number of nitrogens with zero attached hydrogens (tertiary/aromatic N) is 2. The van der Waals surface area contributed by atoms with Crippen molar-refractivity contribution in [2.24, 2.45) is 10.2 Å². The fourth-order valence-electron chi connectivity index (χ4n) is 3.19. The van der Waals surface area contributed by atoms with Crippen LogP contribution in [0.25, 0.3) is 11.3 Å². The standard InChI is InChI=1S/C25H23ClN4O4S/c1-2-13-33-17-9-7-16(8-10-17)28-23(31)14-22-24(32)29-25(35-22)30-27-15-18-11-12-21(34-18)19-5-3-4-6-20(19)26/h3-12,15,22H,2,13-14H2,1H3,(H,28,31)(H,29,30,32). The van der Waals surface area contributed by atoms with Crippen molar-refractivity contribution in [2.45, 2.75) is 25.0 Å². The number of ether oxygens (including phenoxy) is 1. The van der Waals surface area contributed by atoms with Crippen molar-refractivity contribution in [2.75, 3.05) is 11.9 Å². The van der Waals surface area contributed by atoms with Crippen molar-refractivity contribution in [1.29, 1.82) is 0 Å². The average molecular weight is 511 g/mol. The first-order valence-electron chi connectivity index (χ1n) is 11.0. The van der Waals surface area contributed by atoms with Gasteiger partial charge in [-0.05, 0) is 55.0 Å². The number of thioether (sulfide) groups is 1. The summed E-state index contributed by atoms with van der Waals surface area (Å²) in [6, 6.07) is 18.0. The maximum atomic E-state index is 12.4. The third-order valence-electron chi connectivity index (χ3n) is 4.86. The quantitative estimate of drug-likeness (QED) is 0.298. The Morgan fingerprint density at radius 3 is 2.77 bits per heavy atom. The zero-order valence-electron chi connectivity index (χ0n) is 18.9. The smallest absolute Gasteiger partial charge is 0.240 e. The first-order chi connectivity index (χ1) is 17.0. The van der Waals surface area contributed by atoms with Gasteiger partial charge in [0.25, 0.3) is 0 Å². The lowest BCUT2D eigenvalue weighted by Gasteiger charge is -2.09. The van der Waals surface area contributed by atoms with E-state index < -0.39 is 5.25 Å². The van der Waals surface area contributed by atoms with Crippen LogP contribution in [0.5, 0.6) is 5.75 Å². The van der Waals surface area contributed by atoms with Crippen LogP contribution in [0, 0.1) is 0 Å². The number of amides is 2. The lowest BCUT2D eigenvalue weighted by atomic mass is 10.2. The predicted octanol–water partition coefficient (Wildman–Crippen LogP) is 5.34. The number of halogens is 1. The number of carbonyl (C=O) groups is 2. The minimum absolute atomic E-state index is 0.00665. The van der Waals surface area contributed by atoms with E-state index in [1.54, 1.807) is 42.5 Å². The number of benzene rings is 2. The van der Waals surface area contributed by atoms with Gasteiger partial charge in [0, 0.05) is 17.7 Å². The van der Waals surface area contributed by atoms with Crippen LogP contribution in [0.4, 0.5) is 5.69 Å². The fraction of sp³-hybridized carbons (Fsp3) is 0.200. The molecule has 1 aliphatic rings. The molecule has 4 rings (SSSR count). The van der Waals surface area contributed by atoms with Crippen LogP contribution in [-0.4, -0.2) is 35.1 Å². The highest BCUT2D eigenvalue weighted by Crippen LogP contribution is 2.29. The Labute approximate surface area is 211 Å². The first-order valence-corrected chi connectivity index (χ1v) is 12.2. The lowest BCUT2D eigenvalue weighted by molar-refractivity contribution is -0.122. The second-order valence-corrected chi connectivity index (χ2v) is 9.15. The highest BCUT2D eigenvalue weighted by molar-refractivity contribution is 8.15. The van der Waals surface area contributed by atoms with Gasteiger partial charge in [0.1, 0.15) is 22.5 Å². The number of hydrogen-bond donors (Lipinski definition) is 2. The van der Waals surface area contributed by atoms with Crippen molar-refractivity contribution < 1.29 is 18.7 Å². The third kappa shape index (κ3) is 6.74. The Kier molecular flexibility index (Phi) is 8.23. The van der Waals surface area contributed by atoms with Gasteiger partial charge in [-0.3, -0.25) is 9.59 Å². The van der Waals surface area contributed by atoms with Gasteiger partial charge in [0.2, 0.25) is 11.8 Å². The van der Waals surface area contributed by atoms with Gasteiger partial charge in [0.05, 0.1) is 17.8 Å². The third-order valence-corrected chi connectivity index (χ3v) is 6.26. The maximum absolute atomic E-state index is 12.4. The molecule has 2 aromatic carbocycles. The van der Waals surface area contributed by atoms with Crippen molar-refractivity contribution in [3.8, 4) is 17.1 Å². The number of furan rings is 1. The summed E-state index contributed by atoms with van der Waals surface area (Å²) in [4.78, 5) is 24.6. The van der Waals surface area contributed by atoms with Crippen LogP contribution in [-0.2, 0) is 9.59 Å². The monoisotopic (exact) mass is 510 g/mol. The van der Waals surface area contributed by atoms with Crippen molar-refractivity contribution in [1.82, 2.24) is 5.32 Å². The van der Waals surface area contributed by atoms with Gasteiger partial charge in [-0.1, -0.05) is 42.4 Å². The van der Waals surface area contributed by atoms with E-state index in [0.29, 0.717) is 34.0 Å². The number of amidine groups is 1. The molecular weight excluding hydrogens is 488 g/mol. The topological polar surface area (TPSA) is 105 Å². The van der Waals surface area contributed by atoms with Gasteiger partial charge in [-0.25, -0.2) is 0 Å². The summed E-state index contributed by atoms with van der Waals surface area (Å²) in [5, 5.41) is 13.8. The number of hydrogen-bond acceptors (Lipinski definition) is 7. The number of anilines is 1. The highest BCUT2D eigenvalue weighted by Gasteiger charge is 2.32. The van der Waals surface area contributed by atoms with E-state index >= 15 is 0 Å². The molecule has 1 aliphatic heterocycles. The normalized spacial score (nSPS) is 16.6. The van der Waals surface area contributed by atoms with Crippen LogP contribution < -0.4 is 15.4 Å². The van der Waals surface area contributed by atoms with Crippen LogP contribution in [0.2, 0.25) is 5.02 Å². The molecule has 0 radical (unpaired) electrons. The molecule has 1 saturated heterocycles. The summed E-state index contributed by atoms with van der Waals surface area (Å²) in [6.07, 6.45) is 2.37. The molecule has 0 spiro atoms. The van der Waals surface area contributed by atoms with Crippen LogP contribution in [0.3, 0.4) is 0 Å².